The van der Waals surface area contributed by atoms with Gasteiger partial charge < -0.3 is 15.0 Å². The second-order valence-electron chi connectivity index (χ2n) is 2.38. The van der Waals surface area contributed by atoms with Gasteiger partial charge in [-0.05, 0) is 12.1 Å². The average Bonchev–Trinajstić information content (AvgIpc) is 2.19. The van der Waals surface area contributed by atoms with E-state index in [9.17, 15) is 4.79 Å². The van der Waals surface area contributed by atoms with E-state index in [0.717, 1.165) is 11.0 Å². The van der Waals surface area contributed by atoms with Crippen molar-refractivity contribution in [2.45, 2.75) is 0 Å². The van der Waals surface area contributed by atoms with Crippen LogP contribution in [-0.4, -0.2) is 27.7 Å². The first-order valence-corrected chi connectivity index (χ1v) is 3.82. The Kier molecular flexibility index (Phi) is 3.84. The number of H-pyrrole nitrogens is 1. The van der Waals surface area contributed by atoms with Gasteiger partial charge in [0.15, 0.2) is 0 Å². The standard InChI is InChI=1S/C8H6N2O.BH2O2/c11-8-5-9-6-3-1-2-4-7(6)10-8;2-1-3/h1-5H,(H,10,11);2-3H. The van der Waals surface area contributed by atoms with E-state index in [1.54, 1.807) is 0 Å². The first-order valence-electron chi connectivity index (χ1n) is 3.82. The summed E-state index contributed by atoms with van der Waals surface area (Å²) in [6.45, 7) is 0. The highest BCUT2D eigenvalue weighted by atomic mass is 16.4. The van der Waals surface area contributed by atoms with E-state index < -0.39 is 0 Å². The SMILES string of the molecule is O=c1cnc2ccccc2[nH]1.O[B]O. The number of benzene rings is 1. The highest BCUT2D eigenvalue weighted by Gasteiger charge is 1.90. The summed E-state index contributed by atoms with van der Waals surface area (Å²) in [6, 6.07) is 7.42. The minimum atomic E-state index is -0.163. The summed E-state index contributed by atoms with van der Waals surface area (Å²) in [5, 5.41) is 14.0. The highest BCUT2D eigenvalue weighted by Crippen LogP contribution is 2.02. The van der Waals surface area contributed by atoms with E-state index in [4.69, 9.17) is 10.0 Å². The van der Waals surface area contributed by atoms with Crippen LogP contribution < -0.4 is 5.56 Å². The zero-order valence-corrected chi connectivity index (χ0v) is 7.21. The fourth-order valence-electron chi connectivity index (χ4n) is 0.985. The van der Waals surface area contributed by atoms with Crippen molar-refractivity contribution >= 4 is 18.7 Å². The molecule has 0 saturated heterocycles. The van der Waals surface area contributed by atoms with E-state index >= 15 is 0 Å². The zero-order valence-electron chi connectivity index (χ0n) is 7.21. The molecule has 0 atom stereocenters. The van der Waals surface area contributed by atoms with Gasteiger partial charge in [-0.2, -0.15) is 0 Å². The number of nitrogens with zero attached hydrogens (tertiary/aromatic N) is 1. The van der Waals surface area contributed by atoms with Gasteiger partial charge in [0.1, 0.15) is 0 Å². The van der Waals surface area contributed by atoms with Crippen LogP contribution in [-0.2, 0) is 0 Å². The number of nitrogens with one attached hydrogen (secondary N) is 1. The molecule has 0 aliphatic rings. The molecule has 14 heavy (non-hydrogen) atoms. The van der Waals surface area contributed by atoms with Crippen molar-refractivity contribution in [3.8, 4) is 0 Å². The van der Waals surface area contributed by atoms with E-state index in [1.807, 2.05) is 24.3 Å². The highest BCUT2D eigenvalue weighted by molar-refractivity contribution is 6.13. The largest absolute Gasteiger partial charge is 0.482 e. The summed E-state index contributed by atoms with van der Waals surface area (Å²) < 4.78 is 0. The normalized spacial score (nSPS) is 9.00. The van der Waals surface area contributed by atoms with Gasteiger partial charge in [0.05, 0.1) is 17.2 Å². The lowest BCUT2D eigenvalue weighted by molar-refractivity contribution is 0.448. The van der Waals surface area contributed by atoms with Gasteiger partial charge in [-0.3, -0.25) is 4.79 Å². The van der Waals surface area contributed by atoms with Crippen LogP contribution in [0.4, 0.5) is 0 Å². The van der Waals surface area contributed by atoms with Crippen LogP contribution >= 0.6 is 0 Å². The van der Waals surface area contributed by atoms with Gasteiger partial charge in [-0.25, -0.2) is 4.98 Å². The fraction of sp³-hybridized carbons (Fsp3) is 0. The summed E-state index contributed by atoms with van der Waals surface area (Å²) in [5.74, 6) is 0. The van der Waals surface area contributed by atoms with E-state index in [-0.39, 0.29) is 13.2 Å². The average molecular weight is 191 g/mol. The van der Waals surface area contributed by atoms with Crippen molar-refractivity contribution in [3.63, 3.8) is 0 Å². The van der Waals surface area contributed by atoms with Crippen molar-refractivity contribution in [2.24, 2.45) is 0 Å². The topological polar surface area (TPSA) is 86.2 Å². The molecule has 5 nitrogen and oxygen atoms in total. The Bertz CT molecular complexity index is 457. The molecule has 0 aliphatic carbocycles. The smallest absolute Gasteiger partial charge is 0.429 e. The van der Waals surface area contributed by atoms with Crippen LogP contribution in [0.25, 0.3) is 11.0 Å². The molecule has 71 valence electrons. The summed E-state index contributed by atoms with van der Waals surface area (Å²) >= 11 is 0. The van der Waals surface area contributed by atoms with Crippen molar-refractivity contribution < 1.29 is 10.0 Å². The van der Waals surface area contributed by atoms with Gasteiger partial charge >= 0.3 is 7.69 Å². The third-order valence-electron chi connectivity index (χ3n) is 1.48. The lowest BCUT2D eigenvalue weighted by Crippen LogP contribution is -2.04. The maximum atomic E-state index is 10.8. The lowest BCUT2D eigenvalue weighted by Gasteiger charge is -1.92. The second kappa shape index (κ2) is 5.16. The van der Waals surface area contributed by atoms with E-state index in [2.05, 4.69) is 9.97 Å². The van der Waals surface area contributed by atoms with Crippen LogP contribution in [0.2, 0.25) is 0 Å². The molecule has 0 bridgehead atoms. The Labute approximate surface area is 80.4 Å². The maximum absolute atomic E-state index is 10.8. The molecule has 0 unspecified atom stereocenters. The van der Waals surface area contributed by atoms with E-state index in [0.29, 0.717) is 0 Å². The molecule has 0 spiro atoms. The Morgan fingerprint density at radius 1 is 1.29 bits per heavy atom. The summed E-state index contributed by atoms with van der Waals surface area (Å²) in [5.41, 5.74) is 1.43. The van der Waals surface area contributed by atoms with E-state index in [1.165, 1.54) is 6.20 Å². The molecule has 0 aliphatic heterocycles. The Balaban J connectivity index is 0.000000293. The molecule has 6 heteroatoms. The number of hydrogen-bond acceptors (Lipinski definition) is 4. The number of para-hydroxylation sites is 2. The number of hydrogen-bond donors (Lipinski definition) is 3. The maximum Gasteiger partial charge on any atom is 0.482 e. The summed E-state index contributed by atoms with van der Waals surface area (Å²) in [7, 11) is 0. The Hall–Kier alpha value is -1.66. The summed E-state index contributed by atoms with van der Waals surface area (Å²) in [4.78, 5) is 17.4. The number of aromatic amines is 1. The lowest BCUT2D eigenvalue weighted by atomic mass is 10.3. The molecule has 1 radical (unpaired) electrons. The molecule has 1 heterocycles. The molecular weight excluding hydrogens is 183 g/mol. The first kappa shape index (κ1) is 10.4. The van der Waals surface area contributed by atoms with Crippen LogP contribution in [0.1, 0.15) is 0 Å². The minimum absolute atomic E-state index is 0. The van der Waals surface area contributed by atoms with Crippen molar-refractivity contribution in [3.05, 3.63) is 40.8 Å². The predicted octanol–water partition coefficient (Wildman–Crippen LogP) is -0.572. The van der Waals surface area contributed by atoms with Crippen molar-refractivity contribution in [1.29, 1.82) is 0 Å². The molecule has 0 amide bonds. The predicted molar refractivity (Wildman–Crippen MR) is 52.6 cm³/mol. The number of rotatable bonds is 0. The van der Waals surface area contributed by atoms with Gasteiger partial charge in [-0.1, -0.05) is 12.1 Å². The third-order valence-corrected chi connectivity index (χ3v) is 1.48. The minimum Gasteiger partial charge on any atom is -0.429 e. The van der Waals surface area contributed by atoms with Gasteiger partial charge in [0.25, 0.3) is 5.56 Å². The van der Waals surface area contributed by atoms with Gasteiger partial charge in [0.2, 0.25) is 0 Å². The number of fused-ring (bicyclic) bond motifs is 1. The van der Waals surface area contributed by atoms with Crippen molar-refractivity contribution in [2.75, 3.05) is 0 Å². The van der Waals surface area contributed by atoms with Crippen LogP contribution in [0, 0.1) is 0 Å². The van der Waals surface area contributed by atoms with Crippen LogP contribution in [0.15, 0.2) is 35.3 Å². The second-order valence-corrected chi connectivity index (χ2v) is 2.38. The molecule has 2 rings (SSSR count). The molecule has 0 fully saturated rings. The summed E-state index contributed by atoms with van der Waals surface area (Å²) in [6.07, 6.45) is 1.28. The monoisotopic (exact) mass is 191 g/mol. The van der Waals surface area contributed by atoms with Gasteiger partial charge in [-0.15, -0.1) is 0 Å². The molecule has 2 aromatic rings. The molecule has 1 aromatic carbocycles. The molecule has 3 N–H and O–H groups in total. The Morgan fingerprint density at radius 3 is 2.64 bits per heavy atom. The Morgan fingerprint density at radius 2 is 1.93 bits per heavy atom. The van der Waals surface area contributed by atoms with Crippen LogP contribution in [0.3, 0.4) is 0 Å². The fourth-order valence-corrected chi connectivity index (χ4v) is 0.985. The third kappa shape index (κ3) is 2.68. The van der Waals surface area contributed by atoms with Crippen LogP contribution in [0.5, 0.6) is 0 Å². The number of aromatic nitrogens is 2. The first-order chi connectivity index (χ1) is 6.77. The quantitative estimate of drug-likeness (QED) is 0.486. The van der Waals surface area contributed by atoms with Gasteiger partial charge in [0, 0.05) is 0 Å². The molecule has 0 saturated carbocycles. The molecular formula is C8H8BN2O3. The van der Waals surface area contributed by atoms with Crippen molar-refractivity contribution in [1.82, 2.24) is 9.97 Å². The molecule has 1 aromatic heterocycles. The zero-order chi connectivity index (χ0) is 10.4.